The van der Waals surface area contributed by atoms with Crippen molar-refractivity contribution in [1.29, 1.82) is 0 Å². The monoisotopic (exact) mass is 435 g/mol. The first-order chi connectivity index (χ1) is 11.0. The Bertz CT molecular complexity index is 816. The Balaban J connectivity index is 2.42. The number of allylic oxidation sites excluding steroid dienone is 1. The van der Waals surface area contributed by atoms with Crippen molar-refractivity contribution in [3.05, 3.63) is 78.8 Å². The molecule has 0 spiro atoms. The highest BCUT2D eigenvalue weighted by atomic mass is 79.9. The second-order valence-electron chi connectivity index (χ2n) is 4.77. The lowest BCUT2D eigenvalue weighted by atomic mass is 10.1. The summed E-state index contributed by atoms with van der Waals surface area (Å²) in [5.74, 6) is -0.332. The summed E-state index contributed by atoms with van der Waals surface area (Å²) in [7, 11) is 0. The van der Waals surface area contributed by atoms with Crippen LogP contribution in [0, 0.1) is 0 Å². The summed E-state index contributed by atoms with van der Waals surface area (Å²) in [6.07, 6.45) is 3.11. The topological polar surface area (TPSA) is 46.2 Å². The van der Waals surface area contributed by atoms with Gasteiger partial charge in [-0.3, -0.25) is 9.59 Å². The molecule has 23 heavy (non-hydrogen) atoms. The number of hydrogen-bond donors (Lipinski definition) is 1. The van der Waals surface area contributed by atoms with E-state index in [2.05, 4.69) is 37.2 Å². The zero-order valence-electron chi connectivity index (χ0n) is 12.5. The summed E-state index contributed by atoms with van der Waals surface area (Å²) in [6, 6.07) is 12.5. The SMILES string of the molecule is CCNc1ccc(Br)cc(C(=O)C=Cc2ccccc2Br)c1=O. The van der Waals surface area contributed by atoms with Crippen LogP contribution in [0.4, 0.5) is 5.69 Å². The van der Waals surface area contributed by atoms with Crippen LogP contribution in [0.1, 0.15) is 22.8 Å². The van der Waals surface area contributed by atoms with Gasteiger partial charge < -0.3 is 5.32 Å². The average Bonchev–Trinajstić information content (AvgIpc) is 2.67. The van der Waals surface area contributed by atoms with E-state index in [0.717, 1.165) is 10.0 Å². The van der Waals surface area contributed by atoms with E-state index in [-0.39, 0.29) is 16.8 Å². The molecule has 2 aromatic rings. The Morgan fingerprint density at radius 3 is 2.61 bits per heavy atom. The maximum Gasteiger partial charge on any atom is 0.212 e. The van der Waals surface area contributed by atoms with Gasteiger partial charge in [-0.15, -0.1) is 0 Å². The summed E-state index contributed by atoms with van der Waals surface area (Å²) < 4.78 is 1.57. The van der Waals surface area contributed by atoms with Gasteiger partial charge in [-0.2, -0.15) is 0 Å². The smallest absolute Gasteiger partial charge is 0.212 e. The molecule has 1 N–H and O–H groups in total. The molecule has 0 aliphatic heterocycles. The van der Waals surface area contributed by atoms with Crippen molar-refractivity contribution in [2.24, 2.45) is 0 Å². The van der Waals surface area contributed by atoms with Crippen molar-refractivity contribution in [1.82, 2.24) is 0 Å². The lowest BCUT2D eigenvalue weighted by molar-refractivity contribution is 0.104. The fourth-order valence-electron chi connectivity index (χ4n) is 2.01. The van der Waals surface area contributed by atoms with Gasteiger partial charge in [0.2, 0.25) is 5.43 Å². The van der Waals surface area contributed by atoms with Crippen molar-refractivity contribution >= 4 is 49.4 Å². The molecule has 0 aliphatic rings. The first-order valence-electron chi connectivity index (χ1n) is 7.07. The van der Waals surface area contributed by atoms with Crippen LogP contribution in [0.3, 0.4) is 0 Å². The van der Waals surface area contributed by atoms with Crippen LogP contribution >= 0.6 is 31.9 Å². The van der Waals surface area contributed by atoms with Crippen molar-refractivity contribution in [3.8, 4) is 0 Å². The molecule has 0 saturated carbocycles. The van der Waals surface area contributed by atoms with Gasteiger partial charge in [-0.1, -0.05) is 50.1 Å². The van der Waals surface area contributed by atoms with E-state index in [1.54, 1.807) is 24.3 Å². The van der Waals surface area contributed by atoms with Crippen LogP contribution < -0.4 is 10.7 Å². The molecule has 0 atom stereocenters. The number of halogens is 2. The van der Waals surface area contributed by atoms with Gasteiger partial charge in [-0.25, -0.2) is 0 Å². The number of carbonyl (C=O) groups excluding carboxylic acids is 1. The first-order valence-corrected chi connectivity index (χ1v) is 8.66. The number of nitrogens with one attached hydrogen (secondary N) is 1. The molecule has 118 valence electrons. The second kappa shape index (κ2) is 8.22. The molecule has 0 radical (unpaired) electrons. The van der Waals surface area contributed by atoms with E-state index in [1.165, 1.54) is 6.08 Å². The van der Waals surface area contributed by atoms with E-state index in [9.17, 15) is 9.59 Å². The standard InChI is InChI=1S/C18H15Br2NO2/c1-2-21-16-9-8-13(19)11-14(18(16)23)17(22)10-7-12-5-3-4-6-15(12)20/h3-11H,2H2,1H3,(H,21,23). The minimum atomic E-state index is -0.332. The zero-order chi connectivity index (χ0) is 16.8. The molecule has 2 aromatic carbocycles. The van der Waals surface area contributed by atoms with Crippen LogP contribution in [0.15, 0.2) is 62.3 Å². The van der Waals surface area contributed by atoms with Crippen LogP contribution in [-0.2, 0) is 0 Å². The predicted molar refractivity (Wildman–Crippen MR) is 102 cm³/mol. The van der Waals surface area contributed by atoms with Crippen LogP contribution in [0.25, 0.3) is 6.08 Å². The van der Waals surface area contributed by atoms with E-state index in [1.807, 2.05) is 31.2 Å². The van der Waals surface area contributed by atoms with E-state index in [0.29, 0.717) is 16.7 Å². The molecule has 3 nitrogen and oxygen atoms in total. The molecular weight excluding hydrogens is 422 g/mol. The van der Waals surface area contributed by atoms with Crippen molar-refractivity contribution in [3.63, 3.8) is 0 Å². The number of ketones is 1. The Morgan fingerprint density at radius 2 is 1.91 bits per heavy atom. The molecular formula is C18H15Br2NO2. The number of anilines is 1. The van der Waals surface area contributed by atoms with E-state index >= 15 is 0 Å². The number of rotatable bonds is 5. The average molecular weight is 437 g/mol. The highest BCUT2D eigenvalue weighted by Gasteiger charge is 2.10. The Labute approximate surface area is 151 Å². The second-order valence-corrected chi connectivity index (χ2v) is 6.54. The molecule has 0 fully saturated rings. The largest absolute Gasteiger partial charge is 0.382 e. The highest BCUT2D eigenvalue weighted by Crippen LogP contribution is 2.18. The van der Waals surface area contributed by atoms with Crippen molar-refractivity contribution in [2.45, 2.75) is 6.92 Å². The number of carbonyl (C=O) groups is 1. The maximum atomic E-state index is 12.5. The van der Waals surface area contributed by atoms with Crippen molar-refractivity contribution < 1.29 is 4.79 Å². The normalized spacial score (nSPS) is 10.7. The predicted octanol–water partition coefficient (Wildman–Crippen LogP) is 4.90. The first kappa shape index (κ1) is 17.6. The summed E-state index contributed by atoms with van der Waals surface area (Å²) in [4.78, 5) is 24.9. The van der Waals surface area contributed by atoms with Crippen LogP contribution in [-0.4, -0.2) is 12.3 Å². The lowest BCUT2D eigenvalue weighted by Gasteiger charge is -1.99. The van der Waals surface area contributed by atoms with Gasteiger partial charge >= 0.3 is 0 Å². The molecule has 0 unspecified atom stereocenters. The summed E-state index contributed by atoms with van der Waals surface area (Å²) >= 11 is 6.76. The minimum Gasteiger partial charge on any atom is -0.382 e. The zero-order valence-corrected chi connectivity index (χ0v) is 15.6. The van der Waals surface area contributed by atoms with E-state index < -0.39 is 0 Å². The highest BCUT2D eigenvalue weighted by molar-refractivity contribution is 9.10. The molecule has 0 bridgehead atoms. The Hall–Kier alpha value is -1.72. The van der Waals surface area contributed by atoms with Gasteiger partial charge in [0.05, 0.1) is 11.3 Å². The van der Waals surface area contributed by atoms with Crippen molar-refractivity contribution in [2.75, 3.05) is 11.9 Å². The molecule has 0 aromatic heterocycles. The Morgan fingerprint density at radius 1 is 1.17 bits per heavy atom. The fourth-order valence-corrected chi connectivity index (χ4v) is 2.79. The molecule has 0 heterocycles. The third-order valence-corrected chi connectivity index (χ3v) is 4.35. The van der Waals surface area contributed by atoms with Gasteiger partial charge in [0.25, 0.3) is 0 Å². The summed E-state index contributed by atoms with van der Waals surface area (Å²) in [6.45, 7) is 2.51. The molecule has 0 aliphatic carbocycles. The van der Waals surface area contributed by atoms with Crippen LogP contribution in [0.5, 0.6) is 0 Å². The third-order valence-electron chi connectivity index (χ3n) is 3.13. The molecule has 0 saturated heterocycles. The van der Waals surface area contributed by atoms with Gasteiger partial charge in [0.15, 0.2) is 5.78 Å². The number of hydrogen-bond acceptors (Lipinski definition) is 3. The fraction of sp³-hybridized carbons (Fsp3) is 0.111. The molecule has 0 amide bonds. The number of benzene rings is 1. The summed E-state index contributed by atoms with van der Waals surface area (Å²) in [5, 5.41) is 2.98. The molecule has 5 heteroatoms. The Kier molecular flexibility index (Phi) is 6.30. The van der Waals surface area contributed by atoms with Gasteiger partial charge in [-0.05, 0) is 48.9 Å². The van der Waals surface area contributed by atoms with E-state index in [4.69, 9.17) is 0 Å². The maximum absolute atomic E-state index is 12.5. The summed E-state index contributed by atoms with van der Waals surface area (Å²) in [5.41, 5.74) is 1.11. The quantitative estimate of drug-likeness (QED) is 0.535. The molecule has 2 rings (SSSR count). The third kappa shape index (κ3) is 4.62. The minimum absolute atomic E-state index is 0.126. The van der Waals surface area contributed by atoms with Gasteiger partial charge in [0.1, 0.15) is 0 Å². The van der Waals surface area contributed by atoms with Crippen LogP contribution in [0.2, 0.25) is 0 Å². The van der Waals surface area contributed by atoms with Gasteiger partial charge in [0, 0.05) is 15.5 Å². The lowest BCUT2D eigenvalue weighted by Crippen LogP contribution is -2.15.